The number of rotatable bonds is 9. The standard InChI is InChI=1S/C43H58N2O3/c1-5-45(28-29-10-7-6-8-11-29)27-26-44-40(48)43-23-9-12-37(43)34-17-19-36-33(32(34)21-25-43)18-20-38-41(2,3)35(22-24-42(36,38)4)30-13-15-31(16-14-30)39(46)47/h6-8,10-11,13-16,22,32-34,36-38H,5,9,12,17-21,23-28H2,1-4H3,(H,44,48)(H,46,47)/t32?,33?,34?,36?,37?,38?,42-,43+/m1/s1. The Balaban J connectivity index is 1.03. The summed E-state index contributed by atoms with van der Waals surface area (Å²) in [7, 11) is 0. The fraction of sp³-hybridized carbons (Fsp3) is 0.628. The molecular formula is C43H58N2O3. The molecule has 5 nitrogen and oxygen atoms in total. The SMILES string of the molecule is CCN(CCNC(=O)[C@]12CCCC1C1CCC3C(CCC4C(C)(C)C(c5ccc(C(=O)O)cc5)=CC[C@]34C)C1CC2)Cc1ccccc1. The van der Waals surface area contributed by atoms with Gasteiger partial charge in [-0.25, -0.2) is 4.79 Å². The van der Waals surface area contributed by atoms with Gasteiger partial charge >= 0.3 is 5.97 Å². The minimum atomic E-state index is -0.865. The first-order chi connectivity index (χ1) is 23.1. The molecule has 2 aromatic carbocycles. The monoisotopic (exact) mass is 650 g/mol. The lowest BCUT2D eigenvalue weighted by Gasteiger charge is -2.64. The zero-order valence-electron chi connectivity index (χ0n) is 29.8. The molecule has 0 saturated heterocycles. The van der Waals surface area contributed by atoms with Crippen LogP contribution < -0.4 is 5.32 Å². The fourth-order valence-electron chi connectivity index (χ4n) is 12.6. The summed E-state index contributed by atoms with van der Waals surface area (Å²) < 4.78 is 0. The van der Waals surface area contributed by atoms with Crippen LogP contribution in [0.25, 0.3) is 5.57 Å². The summed E-state index contributed by atoms with van der Waals surface area (Å²) >= 11 is 0. The highest BCUT2D eigenvalue weighted by atomic mass is 16.4. The third kappa shape index (κ3) is 5.66. The number of carboxylic acid groups (broad SMARTS) is 1. The van der Waals surface area contributed by atoms with Crippen molar-refractivity contribution in [1.82, 2.24) is 10.2 Å². The summed E-state index contributed by atoms with van der Waals surface area (Å²) in [5, 5.41) is 12.9. The first-order valence-corrected chi connectivity index (χ1v) is 19.2. The zero-order valence-corrected chi connectivity index (χ0v) is 29.8. The molecule has 2 aromatic rings. The van der Waals surface area contributed by atoms with Crippen molar-refractivity contribution in [1.29, 1.82) is 0 Å². The molecule has 0 heterocycles. The van der Waals surface area contributed by atoms with Crippen molar-refractivity contribution in [3.63, 3.8) is 0 Å². The average molecular weight is 651 g/mol. The van der Waals surface area contributed by atoms with Gasteiger partial charge in [0.25, 0.3) is 0 Å². The maximum atomic E-state index is 14.1. The molecule has 7 rings (SSSR count). The number of nitrogens with zero attached hydrogens (tertiary/aromatic N) is 1. The van der Waals surface area contributed by atoms with Crippen molar-refractivity contribution in [2.45, 2.75) is 98.4 Å². The van der Waals surface area contributed by atoms with Crippen LogP contribution in [0, 0.1) is 51.8 Å². The Morgan fingerprint density at radius 2 is 1.58 bits per heavy atom. The van der Waals surface area contributed by atoms with Crippen molar-refractivity contribution < 1.29 is 14.7 Å². The van der Waals surface area contributed by atoms with Gasteiger partial charge in [-0.2, -0.15) is 0 Å². The summed E-state index contributed by atoms with van der Waals surface area (Å²) in [6.07, 6.45) is 14.7. The largest absolute Gasteiger partial charge is 0.478 e. The van der Waals surface area contributed by atoms with Crippen molar-refractivity contribution in [3.05, 3.63) is 77.4 Å². The van der Waals surface area contributed by atoms with Crippen molar-refractivity contribution in [2.75, 3.05) is 19.6 Å². The summed E-state index contributed by atoms with van der Waals surface area (Å²) in [4.78, 5) is 28.1. The van der Waals surface area contributed by atoms with Crippen LogP contribution in [0.2, 0.25) is 0 Å². The summed E-state index contributed by atoms with van der Waals surface area (Å²) in [6.45, 7) is 13.3. The number of carbonyl (C=O) groups is 2. The third-order valence-electron chi connectivity index (χ3n) is 14.8. The van der Waals surface area contributed by atoms with Crippen LogP contribution in [-0.2, 0) is 11.3 Å². The highest BCUT2D eigenvalue weighted by Gasteiger charge is 2.62. The topological polar surface area (TPSA) is 69.6 Å². The molecule has 5 aliphatic rings. The van der Waals surface area contributed by atoms with Crippen LogP contribution in [0.4, 0.5) is 0 Å². The average Bonchev–Trinajstić information content (AvgIpc) is 3.54. The van der Waals surface area contributed by atoms with E-state index in [1.807, 2.05) is 12.1 Å². The molecule has 5 aliphatic carbocycles. The summed E-state index contributed by atoms with van der Waals surface area (Å²) in [5.41, 5.74) is 4.45. The zero-order chi connectivity index (χ0) is 33.7. The van der Waals surface area contributed by atoms with E-state index in [1.54, 1.807) is 12.1 Å². The second-order valence-corrected chi connectivity index (χ2v) is 17.0. The highest BCUT2D eigenvalue weighted by Crippen LogP contribution is 2.69. The van der Waals surface area contributed by atoms with Crippen LogP contribution in [0.5, 0.6) is 0 Å². The number of likely N-dealkylation sites (N-methyl/N-ethyl adjacent to an activating group) is 1. The molecule has 8 atom stereocenters. The first-order valence-electron chi connectivity index (χ1n) is 19.2. The minimum absolute atomic E-state index is 0.0409. The molecule has 0 aromatic heterocycles. The smallest absolute Gasteiger partial charge is 0.335 e. The van der Waals surface area contributed by atoms with E-state index < -0.39 is 5.97 Å². The number of aromatic carboxylic acids is 1. The van der Waals surface area contributed by atoms with Gasteiger partial charge in [0, 0.05) is 19.6 Å². The number of nitrogens with one attached hydrogen (secondary N) is 1. The van der Waals surface area contributed by atoms with Crippen molar-refractivity contribution in [2.24, 2.45) is 51.8 Å². The minimum Gasteiger partial charge on any atom is -0.478 e. The van der Waals surface area contributed by atoms with E-state index in [0.717, 1.165) is 63.2 Å². The Hall–Kier alpha value is -2.92. The van der Waals surface area contributed by atoms with Gasteiger partial charge in [-0.15, -0.1) is 0 Å². The molecule has 4 saturated carbocycles. The van der Waals surface area contributed by atoms with E-state index in [2.05, 4.69) is 74.3 Å². The van der Waals surface area contributed by atoms with E-state index in [9.17, 15) is 14.7 Å². The molecule has 6 unspecified atom stereocenters. The quantitative estimate of drug-likeness (QED) is 0.284. The van der Waals surface area contributed by atoms with Gasteiger partial charge in [0.05, 0.1) is 11.0 Å². The number of benzene rings is 2. The summed E-state index contributed by atoms with van der Waals surface area (Å²) in [6, 6.07) is 18.2. The number of hydrogen-bond acceptors (Lipinski definition) is 3. The second kappa shape index (κ2) is 13.1. The van der Waals surface area contributed by atoms with Gasteiger partial charge in [-0.1, -0.05) is 82.7 Å². The predicted octanol–water partition coefficient (Wildman–Crippen LogP) is 9.09. The van der Waals surface area contributed by atoms with Crippen LogP contribution in [0.1, 0.15) is 113 Å². The number of hydrogen-bond donors (Lipinski definition) is 2. The van der Waals surface area contributed by atoms with Crippen molar-refractivity contribution >= 4 is 17.4 Å². The lowest BCUT2D eigenvalue weighted by atomic mass is 9.40. The molecule has 1 amide bonds. The molecule has 48 heavy (non-hydrogen) atoms. The Kier molecular flexibility index (Phi) is 9.15. The Labute approximate surface area is 289 Å². The number of carboxylic acids is 1. The fourth-order valence-corrected chi connectivity index (χ4v) is 12.6. The molecule has 2 N–H and O–H groups in total. The normalized spacial score (nSPS) is 35.1. The van der Waals surface area contributed by atoms with Gasteiger partial charge in [-0.3, -0.25) is 9.69 Å². The van der Waals surface area contributed by atoms with Gasteiger partial charge in [0.15, 0.2) is 0 Å². The molecule has 4 fully saturated rings. The van der Waals surface area contributed by atoms with Gasteiger partial charge in [0.2, 0.25) is 5.91 Å². The van der Waals surface area contributed by atoms with E-state index in [1.165, 1.54) is 61.6 Å². The van der Waals surface area contributed by atoms with Crippen LogP contribution >= 0.6 is 0 Å². The first kappa shape index (κ1) is 33.6. The van der Waals surface area contributed by atoms with Crippen LogP contribution in [-0.4, -0.2) is 41.5 Å². The number of fused-ring (bicyclic) bond motifs is 7. The second-order valence-electron chi connectivity index (χ2n) is 17.0. The van der Waals surface area contributed by atoms with E-state index in [4.69, 9.17) is 0 Å². The van der Waals surface area contributed by atoms with Crippen molar-refractivity contribution in [3.8, 4) is 0 Å². The highest BCUT2D eigenvalue weighted by molar-refractivity contribution is 5.88. The third-order valence-corrected chi connectivity index (χ3v) is 14.8. The lowest BCUT2D eigenvalue weighted by molar-refractivity contribution is -0.151. The van der Waals surface area contributed by atoms with Gasteiger partial charge in [-0.05, 0) is 140 Å². The Bertz CT molecular complexity index is 1510. The van der Waals surface area contributed by atoms with E-state index in [-0.39, 0.29) is 16.2 Å². The lowest BCUT2D eigenvalue weighted by Crippen LogP contribution is -2.58. The number of carbonyl (C=O) groups excluding carboxylic acids is 1. The number of amides is 1. The van der Waals surface area contributed by atoms with Crippen LogP contribution in [0.3, 0.4) is 0 Å². The van der Waals surface area contributed by atoms with Gasteiger partial charge < -0.3 is 10.4 Å². The maximum Gasteiger partial charge on any atom is 0.335 e. The molecule has 0 aliphatic heterocycles. The summed E-state index contributed by atoms with van der Waals surface area (Å²) in [5.74, 6) is 3.66. The molecule has 258 valence electrons. The Morgan fingerprint density at radius 3 is 2.31 bits per heavy atom. The molecular weight excluding hydrogens is 592 g/mol. The van der Waals surface area contributed by atoms with Crippen LogP contribution in [0.15, 0.2) is 60.7 Å². The predicted molar refractivity (Wildman–Crippen MR) is 193 cm³/mol. The van der Waals surface area contributed by atoms with Gasteiger partial charge in [0.1, 0.15) is 0 Å². The molecule has 0 spiro atoms. The van der Waals surface area contributed by atoms with E-state index in [0.29, 0.717) is 29.2 Å². The maximum absolute atomic E-state index is 14.1. The number of allylic oxidation sites excluding steroid dienone is 2. The molecule has 5 heteroatoms. The van der Waals surface area contributed by atoms with E-state index >= 15 is 0 Å². The Morgan fingerprint density at radius 1 is 0.854 bits per heavy atom. The molecule has 0 radical (unpaired) electrons. The molecule has 0 bridgehead atoms.